The number of imidazole rings is 1. The maximum Gasteiger partial charge on any atom is 0.264 e. The molecule has 0 saturated carbocycles. The number of aryl methyl sites for hydroxylation is 1. The number of thioether (sulfide) groups is 1. The first kappa shape index (κ1) is 12.9. The van der Waals surface area contributed by atoms with Crippen LogP contribution >= 0.6 is 11.8 Å². The van der Waals surface area contributed by atoms with E-state index in [0.29, 0.717) is 5.56 Å². The van der Waals surface area contributed by atoms with Gasteiger partial charge in [0, 0.05) is 5.56 Å². The van der Waals surface area contributed by atoms with Gasteiger partial charge in [0.05, 0.1) is 11.0 Å². The second-order valence-electron chi connectivity index (χ2n) is 4.54. The second-order valence-corrected chi connectivity index (χ2v) is 5.32. The van der Waals surface area contributed by atoms with Crippen molar-refractivity contribution < 1.29 is 4.79 Å². The van der Waals surface area contributed by atoms with Gasteiger partial charge in [-0.15, -0.1) is 0 Å². The van der Waals surface area contributed by atoms with Crippen molar-refractivity contribution >= 4 is 28.7 Å². The third kappa shape index (κ3) is 2.02. The smallest absolute Gasteiger partial charge is 0.264 e. The van der Waals surface area contributed by atoms with Crippen LogP contribution < -0.4 is 0 Å². The van der Waals surface area contributed by atoms with Crippen molar-refractivity contribution in [1.29, 1.82) is 0 Å². The zero-order valence-electron chi connectivity index (χ0n) is 11.3. The molecule has 0 bridgehead atoms. The van der Waals surface area contributed by atoms with Crippen molar-refractivity contribution in [3.63, 3.8) is 0 Å². The van der Waals surface area contributed by atoms with Crippen LogP contribution in [0.1, 0.15) is 15.9 Å². The molecule has 0 radical (unpaired) electrons. The van der Waals surface area contributed by atoms with E-state index in [4.69, 9.17) is 0 Å². The summed E-state index contributed by atoms with van der Waals surface area (Å²) in [7, 11) is 0. The number of benzene rings is 2. The van der Waals surface area contributed by atoms with Crippen LogP contribution in [0.3, 0.4) is 0 Å². The van der Waals surface area contributed by atoms with Crippen LogP contribution in [0.2, 0.25) is 0 Å². The molecular weight excluding hydrogens is 268 g/mol. The topological polar surface area (TPSA) is 34.9 Å². The molecule has 0 atom stereocenters. The number of fused-ring (bicyclic) bond motifs is 1. The second kappa shape index (κ2) is 5.13. The van der Waals surface area contributed by atoms with Gasteiger partial charge in [0.2, 0.25) is 0 Å². The SMILES string of the molecule is CSc1nc2ccccc2n1C(=O)c1ccccc1C. The summed E-state index contributed by atoms with van der Waals surface area (Å²) in [4.78, 5) is 17.3. The lowest BCUT2D eigenvalue weighted by atomic mass is 10.1. The van der Waals surface area contributed by atoms with Gasteiger partial charge < -0.3 is 0 Å². The van der Waals surface area contributed by atoms with Crippen LogP contribution in [0, 0.1) is 6.92 Å². The molecule has 0 amide bonds. The molecule has 0 saturated heterocycles. The standard InChI is InChI=1S/C16H14N2OS/c1-11-7-3-4-8-12(11)15(19)18-14-10-6-5-9-13(14)17-16(18)20-2/h3-10H,1-2H3. The first-order valence-corrected chi connectivity index (χ1v) is 7.56. The molecule has 1 heterocycles. The van der Waals surface area contributed by atoms with Crippen molar-refractivity contribution in [3.05, 3.63) is 59.7 Å². The van der Waals surface area contributed by atoms with Crippen LogP contribution in [0.5, 0.6) is 0 Å². The molecule has 3 nitrogen and oxygen atoms in total. The van der Waals surface area contributed by atoms with E-state index < -0.39 is 0 Å². The first-order chi connectivity index (χ1) is 9.72. The Hall–Kier alpha value is -2.07. The Morgan fingerprint density at radius 1 is 1.10 bits per heavy atom. The van der Waals surface area contributed by atoms with E-state index in [1.54, 1.807) is 4.57 Å². The number of rotatable bonds is 2. The molecule has 100 valence electrons. The largest absolute Gasteiger partial charge is 0.268 e. The highest BCUT2D eigenvalue weighted by Gasteiger charge is 2.18. The van der Waals surface area contributed by atoms with Gasteiger partial charge in [-0.05, 0) is 36.9 Å². The van der Waals surface area contributed by atoms with Gasteiger partial charge in [-0.2, -0.15) is 0 Å². The lowest BCUT2D eigenvalue weighted by molar-refractivity contribution is 0.0954. The van der Waals surface area contributed by atoms with Gasteiger partial charge in [-0.3, -0.25) is 9.36 Å². The fraction of sp³-hybridized carbons (Fsp3) is 0.125. The van der Waals surface area contributed by atoms with E-state index in [1.807, 2.05) is 61.7 Å². The number of nitrogens with zero attached hydrogens (tertiary/aromatic N) is 2. The Morgan fingerprint density at radius 2 is 1.80 bits per heavy atom. The van der Waals surface area contributed by atoms with Crippen LogP contribution in [0.25, 0.3) is 11.0 Å². The zero-order chi connectivity index (χ0) is 14.1. The lowest BCUT2D eigenvalue weighted by Gasteiger charge is -2.08. The van der Waals surface area contributed by atoms with Crippen LogP contribution in [-0.2, 0) is 0 Å². The minimum absolute atomic E-state index is 0.0267. The third-order valence-corrected chi connectivity index (χ3v) is 3.93. The summed E-state index contributed by atoms with van der Waals surface area (Å²) in [6.07, 6.45) is 1.93. The Kier molecular flexibility index (Phi) is 3.32. The number of carbonyl (C=O) groups is 1. The molecule has 1 aromatic heterocycles. The summed E-state index contributed by atoms with van der Waals surface area (Å²) in [5.41, 5.74) is 3.39. The Labute approximate surface area is 121 Å². The summed E-state index contributed by atoms with van der Waals surface area (Å²) >= 11 is 1.48. The highest BCUT2D eigenvalue weighted by atomic mass is 32.2. The van der Waals surface area contributed by atoms with Crippen molar-refractivity contribution in [1.82, 2.24) is 9.55 Å². The van der Waals surface area contributed by atoms with Crippen LogP contribution in [0.4, 0.5) is 0 Å². The fourth-order valence-corrected chi connectivity index (χ4v) is 2.82. The van der Waals surface area contributed by atoms with Gasteiger partial charge in [0.25, 0.3) is 5.91 Å². The van der Waals surface area contributed by atoms with E-state index >= 15 is 0 Å². The van der Waals surface area contributed by atoms with Crippen LogP contribution in [-0.4, -0.2) is 21.7 Å². The van der Waals surface area contributed by atoms with Gasteiger partial charge in [-0.25, -0.2) is 4.98 Å². The molecule has 0 aliphatic carbocycles. The molecule has 3 aromatic rings. The van der Waals surface area contributed by atoms with Crippen LogP contribution in [0.15, 0.2) is 53.7 Å². The lowest BCUT2D eigenvalue weighted by Crippen LogP contribution is -2.14. The predicted molar refractivity (Wildman–Crippen MR) is 82.4 cm³/mol. The third-order valence-electron chi connectivity index (χ3n) is 3.29. The first-order valence-electron chi connectivity index (χ1n) is 6.34. The summed E-state index contributed by atoms with van der Waals surface area (Å²) in [5, 5.41) is 0.722. The normalized spacial score (nSPS) is 10.9. The summed E-state index contributed by atoms with van der Waals surface area (Å²) in [6.45, 7) is 1.95. The highest BCUT2D eigenvalue weighted by Crippen LogP contribution is 2.24. The van der Waals surface area contributed by atoms with Gasteiger partial charge in [0.15, 0.2) is 5.16 Å². The van der Waals surface area contributed by atoms with E-state index in [-0.39, 0.29) is 5.91 Å². The van der Waals surface area contributed by atoms with Crippen molar-refractivity contribution in [3.8, 4) is 0 Å². The van der Waals surface area contributed by atoms with Crippen molar-refractivity contribution in [2.75, 3.05) is 6.26 Å². The van der Waals surface area contributed by atoms with E-state index in [1.165, 1.54) is 11.8 Å². The monoisotopic (exact) mass is 282 g/mol. The van der Waals surface area contributed by atoms with Gasteiger partial charge in [-0.1, -0.05) is 42.1 Å². The molecule has 4 heteroatoms. The minimum Gasteiger partial charge on any atom is -0.268 e. The Morgan fingerprint density at radius 3 is 2.55 bits per heavy atom. The van der Waals surface area contributed by atoms with Gasteiger partial charge >= 0.3 is 0 Å². The Balaban J connectivity index is 2.24. The average Bonchev–Trinajstić information content (AvgIpc) is 2.85. The molecule has 20 heavy (non-hydrogen) atoms. The quantitative estimate of drug-likeness (QED) is 0.671. The zero-order valence-corrected chi connectivity index (χ0v) is 12.1. The average molecular weight is 282 g/mol. The molecule has 0 unspecified atom stereocenters. The summed E-state index contributed by atoms with van der Waals surface area (Å²) < 4.78 is 1.70. The predicted octanol–water partition coefficient (Wildman–Crippen LogP) is 3.76. The summed E-state index contributed by atoms with van der Waals surface area (Å²) in [6, 6.07) is 15.3. The molecule has 0 fully saturated rings. The molecule has 0 spiro atoms. The number of carbonyl (C=O) groups excluding carboxylic acids is 1. The number of aromatic nitrogens is 2. The Bertz CT molecular complexity index is 792. The van der Waals surface area contributed by atoms with Gasteiger partial charge in [0.1, 0.15) is 0 Å². The molecular formula is C16H14N2OS. The van der Waals surface area contributed by atoms with E-state index in [0.717, 1.165) is 21.8 Å². The minimum atomic E-state index is -0.0267. The molecule has 2 aromatic carbocycles. The molecule has 3 rings (SSSR count). The molecule has 0 aliphatic heterocycles. The molecule has 0 aliphatic rings. The van der Waals surface area contributed by atoms with E-state index in [9.17, 15) is 4.79 Å². The molecule has 0 N–H and O–H groups in total. The highest BCUT2D eigenvalue weighted by molar-refractivity contribution is 7.98. The fourth-order valence-electron chi connectivity index (χ4n) is 2.27. The maximum absolute atomic E-state index is 12.8. The van der Waals surface area contributed by atoms with Crippen molar-refractivity contribution in [2.45, 2.75) is 12.1 Å². The number of hydrogen-bond donors (Lipinski definition) is 0. The number of hydrogen-bond acceptors (Lipinski definition) is 3. The van der Waals surface area contributed by atoms with Crippen molar-refractivity contribution in [2.24, 2.45) is 0 Å². The maximum atomic E-state index is 12.8. The summed E-state index contributed by atoms with van der Waals surface area (Å²) in [5.74, 6) is -0.0267. The number of para-hydroxylation sites is 2. The van der Waals surface area contributed by atoms with E-state index in [2.05, 4.69) is 4.98 Å².